The zero-order chi connectivity index (χ0) is 17.8. The van der Waals surface area contributed by atoms with Crippen molar-refractivity contribution < 1.29 is 39.2 Å². The Morgan fingerprint density at radius 3 is 1.95 bits per heavy atom. The van der Waals surface area contributed by atoms with Gasteiger partial charge < -0.3 is 0 Å². The van der Waals surface area contributed by atoms with Gasteiger partial charge in [-0.15, -0.1) is 0 Å². The molecule has 0 saturated carbocycles. The van der Waals surface area contributed by atoms with Crippen LogP contribution in [0.25, 0.3) is 0 Å². The molecule has 11 heteroatoms. The van der Waals surface area contributed by atoms with Crippen molar-refractivity contribution in [2.45, 2.75) is 55.9 Å². The molecule has 0 aliphatic rings. The monoisotopic (exact) mass is 357 g/mol. The average Bonchev–Trinajstić information content (AvgIpc) is 2.36. The predicted octanol–water partition coefficient (Wildman–Crippen LogP) is 3.71. The van der Waals surface area contributed by atoms with Crippen LogP contribution in [0.5, 0.6) is 0 Å². The lowest BCUT2D eigenvalue weighted by molar-refractivity contribution is -0.354. The Bertz CT molecular complexity index is 508. The lowest BCUT2D eigenvalue weighted by Crippen LogP contribution is -2.52. The Morgan fingerprint density at radius 1 is 1.09 bits per heavy atom. The van der Waals surface area contributed by atoms with E-state index in [1.807, 2.05) is 0 Å². The number of alkyl halides is 7. The Labute approximate surface area is 123 Å². The minimum Gasteiger partial charge on any atom is -0.227 e. The Morgan fingerprint density at radius 2 is 1.59 bits per heavy atom. The molecule has 0 fully saturated rings. The third-order valence-corrected chi connectivity index (χ3v) is 4.89. The van der Waals surface area contributed by atoms with Crippen LogP contribution in [0.2, 0.25) is 0 Å². The van der Waals surface area contributed by atoms with Gasteiger partial charge in [0.15, 0.2) is 9.84 Å². The Balaban J connectivity index is 5.09. The summed E-state index contributed by atoms with van der Waals surface area (Å²) in [6.45, 7) is 1.67. The van der Waals surface area contributed by atoms with E-state index in [4.69, 9.17) is 5.26 Å². The number of sulfone groups is 1. The van der Waals surface area contributed by atoms with Crippen LogP contribution in [-0.2, 0) is 9.84 Å². The highest BCUT2D eigenvalue weighted by molar-refractivity contribution is 7.92. The van der Waals surface area contributed by atoms with Crippen LogP contribution in [0.4, 0.5) is 30.7 Å². The molecule has 1 unspecified atom stereocenters. The van der Waals surface area contributed by atoms with Crippen LogP contribution < -0.4 is 0 Å². The fraction of sp³-hybridized carbons (Fsp3) is 0.909. The van der Waals surface area contributed by atoms with E-state index in [1.54, 1.807) is 6.92 Å². The highest BCUT2D eigenvalue weighted by atomic mass is 32.2. The highest BCUT2D eigenvalue weighted by Crippen LogP contribution is 2.48. The van der Waals surface area contributed by atoms with Crippen LogP contribution in [0.3, 0.4) is 0 Å². The van der Waals surface area contributed by atoms with Crippen LogP contribution in [-0.4, -0.2) is 37.4 Å². The summed E-state index contributed by atoms with van der Waals surface area (Å²) in [5, 5.41) is 6.96. The number of rotatable bonds is 8. The molecule has 0 heterocycles. The molecule has 0 radical (unpaired) electrons. The molecule has 0 aromatic rings. The van der Waals surface area contributed by atoms with Gasteiger partial charge in [0.1, 0.15) is 5.25 Å². The molecule has 0 amide bonds. The third-order valence-electron chi connectivity index (χ3n) is 2.91. The molecule has 0 aliphatic heterocycles. The predicted molar refractivity (Wildman–Crippen MR) is 63.3 cm³/mol. The van der Waals surface area contributed by atoms with Gasteiger partial charge in [-0.2, -0.15) is 36.0 Å². The van der Waals surface area contributed by atoms with Gasteiger partial charge in [-0.1, -0.05) is 19.8 Å². The molecular formula is C11H14F7NO2S. The van der Waals surface area contributed by atoms with Crippen molar-refractivity contribution in [3.05, 3.63) is 0 Å². The van der Waals surface area contributed by atoms with E-state index in [0.717, 1.165) is 0 Å². The quantitative estimate of drug-likeness (QED) is 0.623. The topological polar surface area (TPSA) is 57.9 Å². The van der Waals surface area contributed by atoms with E-state index < -0.39 is 45.3 Å². The number of halogens is 7. The lowest BCUT2D eigenvalue weighted by Gasteiger charge is -2.28. The molecule has 0 spiro atoms. The van der Waals surface area contributed by atoms with Crippen molar-refractivity contribution in [3.63, 3.8) is 0 Å². The molecule has 1 atom stereocenters. The number of nitrogens with zero attached hydrogens (tertiary/aromatic N) is 1. The molecular weight excluding hydrogens is 343 g/mol. The van der Waals surface area contributed by atoms with Gasteiger partial charge in [-0.3, -0.25) is 0 Å². The number of hydrogen-bond acceptors (Lipinski definition) is 3. The average molecular weight is 357 g/mol. The zero-order valence-electron chi connectivity index (χ0n) is 11.4. The second-order valence-electron chi connectivity index (χ2n) is 4.65. The maximum atomic E-state index is 13.0. The van der Waals surface area contributed by atoms with Crippen LogP contribution in [0.1, 0.15) is 32.6 Å². The second kappa shape index (κ2) is 7.02. The van der Waals surface area contributed by atoms with Crippen molar-refractivity contribution in [1.29, 1.82) is 5.26 Å². The summed E-state index contributed by atoms with van der Waals surface area (Å²) in [7, 11) is -4.53. The second-order valence-corrected chi connectivity index (χ2v) is 6.96. The number of unbranched alkanes of at least 4 members (excludes halogenated alkanes) is 1. The molecule has 0 saturated heterocycles. The van der Waals surface area contributed by atoms with Crippen LogP contribution in [0.15, 0.2) is 0 Å². The molecule has 0 aliphatic carbocycles. The molecule has 0 rings (SSSR count). The normalized spacial score (nSPS) is 15.4. The minimum absolute atomic E-state index is 0.198. The summed E-state index contributed by atoms with van der Waals surface area (Å²) < 4.78 is 110. The standard InChI is InChI=1S/C11H14F7NO2S/c1-2-3-4-8(7-19)22(20,21)6-5-9(12,13)10(14,15)11(16,17)18/h8H,2-6H2,1H3. The lowest BCUT2D eigenvalue weighted by atomic mass is 10.1. The van der Waals surface area contributed by atoms with Gasteiger partial charge in [-0.05, 0) is 6.42 Å². The molecule has 0 bridgehead atoms. The minimum atomic E-state index is -6.50. The van der Waals surface area contributed by atoms with Gasteiger partial charge in [0.25, 0.3) is 0 Å². The van der Waals surface area contributed by atoms with Crippen molar-refractivity contribution in [2.75, 3.05) is 5.75 Å². The fourth-order valence-electron chi connectivity index (χ4n) is 1.49. The van der Waals surface area contributed by atoms with E-state index in [-0.39, 0.29) is 12.8 Å². The number of hydrogen-bond donors (Lipinski definition) is 0. The maximum absolute atomic E-state index is 13.0. The van der Waals surface area contributed by atoms with Gasteiger partial charge in [0.2, 0.25) is 0 Å². The van der Waals surface area contributed by atoms with E-state index in [0.29, 0.717) is 6.42 Å². The largest absolute Gasteiger partial charge is 0.459 e. The van der Waals surface area contributed by atoms with E-state index in [1.165, 1.54) is 6.07 Å². The Kier molecular flexibility index (Phi) is 6.68. The molecule has 22 heavy (non-hydrogen) atoms. The van der Waals surface area contributed by atoms with Gasteiger partial charge >= 0.3 is 18.0 Å². The first kappa shape index (κ1) is 20.9. The first-order valence-electron chi connectivity index (χ1n) is 6.16. The summed E-state index contributed by atoms with van der Waals surface area (Å²) in [6.07, 6.45) is -8.15. The van der Waals surface area contributed by atoms with Gasteiger partial charge in [0.05, 0.1) is 11.8 Å². The molecule has 3 nitrogen and oxygen atoms in total. The van der Waals surface area contributed by atoms with Gasteiger partial charge in [0, 0.05) is 6.42 Å². The maximum Gasteiger partial charge on any atom is 0.459 e. The SMILES string of the molecule is CCCCC(C#N)S(=O)(=O)CCC(F)(F)C(F)(F)C(F)(F)F. The summed E-state index contributed by atoms with van der Waals surface area (Å²) in [5.74, 6) is -13.6. The summed E-state index contributed by atoms with van der Waals surface area (Å²) in [6, 6.07) is 1.34. The molecule has 0 N–H and O–H groups in total. The highest BCUT2D eigenvalue weighted by Gasteiger charge is 2.72. The molecule has 0 aromatic carbocycles. The van der Waals surface area contributed by atoms with E-state index in [2.05, 4.69) is 0 Å². The molecule has 0 aromatic heterocycles. The Hall–Kier alpha value is -1.05. The van der Waals surface area contributed by atoms with E-state index in [9.17, 15) is 39.2 Å². The summed E-state index contributed by atoms with van der Waals surface area (Å²) in [5.41, 5.74) is 0. The zero-order valence-corrected chi connectivity index (χ0v) is 12.2. The van der Waals surface area contributed by atoms with Crippen molar-refractivity contribution in [2.24, 2.45) is 0 Å². The van der Waals surface area contributed by atoms with Crippen molar-refractivity contribution in [3.8, 4) is 6.07 Å². The smallest absolute Gasteiger partial charge is 0.227 e. The van der Waals surface area contributed by atoms with Crippen molar-refractivity contribution in [1.82, 2.24) is 0 Å². The van der Waals surface area contributed by atoms with Crippen molar-refractivity contribution >= 4 is 9.84 Å². The molecule has 130 valence electrons. The van der Waals surface area contributed by atoms with E-state index >= 15 is 0 Å². The summed E-state index contributed by atoms with van der Waals surface area (Å²) in [4.78, 5) is 0. The first-order valence-corrected chi connectivity index (χ1v) is 7.88. The first-order chi connectivity index (χ1) is 9.73. The number of nitriles is 1. The summed E-state index contributed by atoms with van der Waals surface area (Å²) >= 11 is 0. The van der Waals surface area contributed by atoms with Crippen LogP contribution in [0, 0.1) is 11.3 Å². The van der Waals surface area contributed by atoms with Gasteiger partial charge in [-0.25, -0.2) is 8.42 Å². The van der Waals surface area contributed by atoms with Crippen LogP contribution >= 0.6 is 0 Å². The fourth-order valence-corrected chi connectivity index (χ4v) is 3.00. The third kappa shape index (κ3) is 4.72.